The summed E-state index contributed by atoms with van der Waals surface area (Å²) in [5.74, 6) is 0.149. The summed E-state index contributed by atoms with van der Waals surface area (Å²) < 4.78 is 0. The Balaban J connectivity index is 2.49. The molecule has 88 valence electrons. The predicted molar refractivity (Wildman–Crippen MR) is 62.5 cm³/mol. The second kappa shape index (κ2) is 5.50. The molecule has 0 heterocycles. The number of hydrogen-bond donors (Lipinski definition) is 1. The van der Waals surface area contributed by atoms with E-state index in [1.54, 1.807) is 0 Å². The first-order valence-electron chi connectivity index (χ1n) is 6.14. The van der Waals surface area contributed by atoms with Crippen molar-refractivity contribution < 1.29 is 4.79 Å². The Hall–Kier alpha value is -0.570. The van der Waals surface area contributed by atoms with Crippen LogP contribution in [0.1, 0.15) is 51.9 Å². The minimum Gasteiger partial charge on any atom is -0.344 e. The number of carbonyl (C=O) groups is 1. The van der Waals surface area contributed by atoms with Crippen LogP contribution in [0.4, 0.5) is 0 Å². The highest BCUT2D eigenvalue weighted by Gasteiger charge is 2.36. The molecule has 1 aliphatic rings. The Bertz CT molecular complexity index is 210. The number of rotatable bonds is 4. The molecule has 0 aliphatic heterocycles. The summed E-state index contributed by atoms with van der Waals surface area (Å²) in [5, 5.41) is 0. The lowest BCUT2D eigenvalue weighted by Crippen LogP contribution is -2.55. The molecule has 1 amide bonds. The third kappa shape index (κ3) is 3.20. The van der Waals surface area contributed by atoms with Crippen LogP contribution in [-0.4, -0.2) is 29.9 Å². The molecule has 3 nitrogen and oxygen atoms in total. The normalized spacial score (nSPS) is 19.9. The predicted octanol–water partition coefficient (Wildman–Crippen LogP) is 1.91. The standard InChI is InChI=1S/C12H24N2O/c1-3-4-10-14(2)11(15)12(13)8-6-5-7-9-12/h3-10,13H2,1-2H3. The molecule has 0 radical (unpaired) electrons. The van der Waals surface area contributed by atoms with Gasteiger partial charge in [-0.05, 0) is 19.3 Å². The molecule has 1 saturated carbocycles. The zero-order valence-electron chi connectivity index (χ0n) is 10.1. The molecule has 15 heavy (non-hydrogen) atoms. The molecule has 3 heteroatoms. The number of amides is 1. The van der Waals surface area contributed by atoms with E-state index in [1.165, 1.54) is 6.42 Å². The van der Waals surface area contributed by atoms with Crippen molar-refractivity contribution >= 4 is 5.91 Å². The van der Waals surface area contributed by atoms with Crippen LogP contribution in [0, 0.1) is 0 Å². The maximum Gasteiger partial charge on any atom is 0.242 e. The summed E-state index contributed by atoms with van der Waals surface area (Å²) in [6, 6.07) is 0. The van der Waals surface area contributed by atoms with Gasteiger partial charge in [0.05, 0.1) is 5.54 Å². The lowest BCUT2D eigenvalue weighted by atomic mass is 9.81. The van der Waals surface area contributed by atoms with Gasteiger partial charge in [0.15, 0.2) is 0 Å². The largest absolute Gasteiger partial charge is 0.344 e. The van der Waals surface area contributed by atoms with Gasteiger partial charge in [-0.3, -0.25) is 4.79 Å². The summed E-state index contributed by atoms with van der Waals surface area (Å²) in [5.41, 5.74) is 5.63. The third-order valence-corrected chi connectivity index (χ3v) is 3.37. The molecule has 2 N–H and O–H groups in total. The molecular weight excluding hydrogens is 188 g/mol. The smallest absolute Gasteiger partial charge is 0.242 e. The Morgan fingerprint density at radius 1 is 1.33 bits per heavy atom. The van der Waals surface area contributed by atoms with Crippen molar-refractivity contribution in [3.05, 3.63) is 0 Å². The first-order chi connectivity index (χ1) is 7.10. The zero-order valence-corrected chi connectivity index (χ0v) is 10.1. The summed E-state index contributed by atoms with van der Waals surface area (Å²) in [6.45, 7) is 2.98. The van der Waals surface area contributed by atoms with Crippen molar-refractivity contribution in [2.75, 3.05) is 13.6 Å². The number of hydrogen-bond acceptors (Lipinski definition) is 2. The van der Waals surface area contributed by atoms with E-state index < -0.39 is 5.54 Å². The summed E-state index contributed by atoms with van der Waals surface area (Å²) in [4.78, 5) is 13.9. The van der Waals surface area contributed by atoms with E-state index in [1.807, 2.05) is 11.9 Å². The minimum absolute atomic E-state index is 0.149. The third-order valence-electron chi connectivity index (χ3n) is 3.37. The number of unbranched alkanes of at least 4 members (excludes halogenated alkanes) is 1. The molecule has 1 aliphatic carbocycles. The van der Waals surface area contributed by atoms with Gasteiger partial charge in [0.1, 0.15) is 0 Å². The molecule has 0 atom stereocenters. The average Bonchev–Trinajstić information content (AvgIpc) is 2.26. The van der Waals surface area contributed by atoms with Crippen LogP contribution < -0.4 is 5.73 Å². The Kier molecular flexibility index (Phi) is 4.58. The first-order valence-corrected chi connectivity index (χ1v) is 6.14. The van der Waals surface area contributed by atoms with Crippen LogP contribution >= 0.6 is 0 Å². The first kappa shape index (κ1) is 12.5. The van der Waals surface area contributed by atoms with Crippen LogP contribution in [0.5, 0.6) is 0 Å². The maximum atomic E-state index is 12.1. The Morgan fingerprint density at radius 3 is 2.47 bits per heavy atom. The van der Waals surface area contributed by atoms with Gasteiger partial charge in [0.25, 0.3) is 0 Å². The highest BCUT2D eigenvalue weighted by molar-refractivity contribution is 5.86. The monoisotopic (exact) mass is 212 g/mol. The second-order valence-corrected chi connectivity index (χ2v) is 4.80. The van der Waals surface area contributed by atoms with Crippen LogP contribution in [0.2, 0.25) is 0 Å². The molecule has 0 saturated heterocycles. The van der Waals surface area contributed by atoms with E-state index in [0.717, 1.165) is 45.1 Å². The molecule has 0 spiro atoms. The summed E-state index contributed by atoms with van der Waals surface area (Å²) in [7, 11) is 1.88. The molecule has 0 unspecified atom stereocenters. The van der Waals surface area contributed by atoms with Crippen molar-refractivity contribution in [2.45, 2.75) is 57.4 Å². The Morgan fingerprint density at radius 2 is 1.93 bits per heavy atom. The van der Waals surface area contributed by atoms with Crippen LogP contribution in [0.3, 0.4) is 0 Å². The average molecular weight is 212 g/mol. The highest BCUT2D eigenvalue weighted by Crippen LogP contribution is 2.27. The van der Waals surface area contributed by atoms with Gasteiger partial charge < -0.3 is 10.6 Å². The SMILES string of the molecule is CCCCN(C)C(=O)C1(N)CCCCC1. The van der Waals surface area contributed by atoms with Crippen molar-refractivity contribution in [3.8, 4) is 0 Å². The van der Waals surface area contributed by atoms with E-state index in [9.17, 15) is 4.79 Å². The lowest BCUT2D eigenvalue weighted by molar-refractivity contribution is -0.136. The quantitative estimate of drug-likeness (QED) is 0.773. The van der Waals surface area contributed by atoms with Gasteiger partial charge in [-0.1, -0.05) is 32.6 Å². The van der Waals surface area contributed by atoms with E-state index in [4.69, 9.17) is 5.73 Å². The molecule has 0 aromatic carbocycles. The van der Waals surface area contributed by atoms with Crippen molar-refractivity contribution in [3.63, 3.8) is 0 Å². The number of likely N-dealkylation sites (N-methyl/N-ethyl adjacent to an activating group) is 1. The van der Waals surface area contributed by atoms with E-state index in [-0.39, 0.29) is 5.91 Å². The fourth-order valence-corrected chi connectivity index (χ4v) is 2.27. The summed E-state index contributed by atoms with van der Waals surface area (Å²) in [6.07, 6.45) is 7.34. The number of carbonyl (C=O) groups excluding carboxylic acids is 1. The molecule has 0 aromatic heterocycles. The fourth-order valence-electron chi connectivity index (χ4n) is 2.27. The van der Waals surface area contributed by atoms with Crippen molar-refractivity contribution in [1.82, 2.24) is 4.90 Å². The van der Waals surface area contributed by atoms with E-state index in [0.29, 0.717) is 0 Å². The van der Waals surface area contributed by atoms with Crippen molar-refractivity contribution in [1.29, 1.82) is 0 Å². The lowest BCUT2D eigenvalue weighted by Gasteiger charge is -2.35. The van der Waals surface area contributed by atoms with Crippen LogP contribution in [-0.2, 0) is 4.79 Å². The van der Waals surface area contributed by atoms with Crippen LogP contribution in [0.25, 0.3) is 0 Å². The summed E-state index contributed by atoms with van der Waals surface area (Å²) >= 11 is 0. The number of nitrogens with two attached hydrogens (primary N) is 1. The van der Waals surface area contributed by atoms with Gasteiger partial charge in [-0.25, -0.2) is 0 Å². The van der Waals surface area contributed by atoms with Gasteiger partial charge in [-0.15, -0.1) is 0 Å². The van der Waals surface area contributed by atoms with Gasteiger partial charge in [0.2, 0.25) is 5.91 Å². The second-order valence-electron chi connectivity index (χ2n) is 4.80. The molecule has 0 bridgehead atoms. The topological polar surface area (TPSA) is 46.3 Å². The molecular formula is C12H24N2O. The van der Waals surface area contributed by atoms with Gasteiger partial charge in [-0.2, -0.15) is 0 Å². The van der Waals surface area contributed by atoms with Crippen LogP contribution in [0.15, 0.2) is 0 Å². The molecule has 0 aromatic rings. The minimum atomic E-state index is -0.555. The zero-order chi connectivity index (χ0) is 11.3. The molecule has 1 fully saturated rings. The maximum absolute atomic E-state index is 12.1. The number of nitrogens with zero attached hydrogens (tertiary/aromatic N) is 1. The van der Waals surface area contributed by atoms with E-state index >= 15 is 0 Å². The fraction of sp³-hybridized carbons (Fsp3) is 0.917. The van der Waals surface area contributed by atoms with Crippen molar-refractivity contribution in [2.24, 2.45) is 5.73 Å². The Labute approximate surface area is 93.0 Å². The highest BCUT2D eigenvalue weighted by atomic mass is 16.2. The molecule has 1 rings (SSSR count). The van der Waals surface area contributed by atoms with Gasteiger partial charge in [0, 0.05) is 13.6 Å². The van der Waals surface area contributed by atoms with E-state index in [2.05, 4.69) is 6.92 Å². The van der Waals surface area contributed by atoms with Gasteiger partial charge >= 0.3 is 0 Å².